The first-order chi connectivity index (χ1) is 9.06. The number of hydrogen-bond acceptors (Lipinski definition) is 3. The zero-order valence-electron chi connectivity index (χ0n) is 11.1. The van der Waals surface area contributed by atoms with Crippen LogP contribution in [0.3, 0.4) is 0 Å². The van der Waals surface area contributed by atoms with Gasteiger partial charge in [-0.3, -0.25) is 14.9 Å². The molecule has 0 aromatic heterocycles. The number of carbonyl (C=O) groups excluding carboxylic acids is 2. The molecule has 1 heterocycles. The molecule has 0 bridgehead atoms. The van der Waals surface area contributed by atoms with Gasteiger partial charge in [-0.05, 0) is 11.5 Å². The van der Waals surface area contributed by atoms with E-state index in [1.54, 1.807) is 0 Å². The molecule has 0 saturated carbocycles. The van der Waals surface area contributed by atoms with Gasteiger partial charge in [0.1, 0.15) is 0 Å². The normalized spacial score (nSPS) is 20.5. The van der Waals surface area contributed by atoms with E-state index >= 15 is 0 Å². The molecule has 1 fully saturated rings. The maximum absolute atomic E-state index is 11.8. The van der Waals surface area contributed by atoms with Crippen molar-refractivity contribution in [2.45, 2.75) is 26.4 Å². The molecule has 1 unspecified atom stereocenters. The van der Waals surface area contributed by atoms with E-state index in [-0.39, 0.29) is 23.5 Å². The van der Waals surface area contributed by atoms with Crippen molar-refractivity contribution in [3.05, 3.63) is 47.9 Å². The molecule has 1 atom stereocenters. The summed E-state index contributed by atoms with van der Waals surface area (Å²) in [5.41, 5.74) is 0.939. The first-order valence-corrected chi connectivity index (χ1v) is 6.32. The van der Waals surface area contributed by atoms with Crippen molar-refractivity contribution in [1.82, 2.24) is 5.32 Å². The van der Waals surface area contributed by atoms with Gasteiger partial charge in [0.25, 0.3) is 5.91 Å². The molecule has 0 aliphatic carbocycles. The van der Waals surface area contributed by atoms with E-state index in [4.69, 9.17) is 4.74 Å². The standard InChI is InChI=1S/C15H17NO3/c1-10(2)14-15(18)16-13(19-14)9-12(17)8-11-6-4-3-5-7-11/h3-7,9-10,14H,8H2,1-2H3,(H,16,18)/b13-9+. The molecule has 1 amide bonds. The van der Waals surface area contributed by atoms with Gasteiger partial charge in [0, 0.05) is 12.5 Å². The summed E-state index contributed by atoms with van der Waals surface area (Å²) >= 11 is 0. The second kappa shape index (κ2) is 5.69. The van der Waals surface area contributed by atoms with Gasteiger partial charge in [-0.1, -0.05) is 44.2 Å². The minimum absolute atomic E-state index is 0.0788. The van der Waals surface area contributed by atoms with Gasteiger partial charge in [-0.2, -0.15) is 0 Å². The van der Waals surface area contributed by atoms with Crippen LogP contribution in [0.1, 0.15) is 19.4 Å². The number of benzene rings is 1. The van der Waals surface area contributed by atoms with Gasteiger partial charge in [0.2, 0.25) is 0 Å². The second-order valence-electron chi connectivity index (χ2n) is 4.91. The van der Waals surface area contributed by atoms with Crippen LogP contribution in [-0.2, 0) is 20.7 Å². The predicted octanol–water partition coefficient (Wildman–Crippen LogP) is 1.81. The number of nitrogens with one attached hydrogen (secondary N) is 1. The molecule has 1 aromatic rings. The van der Waals surface area contributed by atoms with E-state index < -0.39 is 6.10 Å². The molecule has 100 valence electrons. The Morgan fingerprint density at radius 2 is 2.05 bits per heavy atom. The molecule has 1 N–H and O–H groups in total. The number of ketones is 1. The van der Waals surface area contributed by atoms with Crippen molar-refractivity contribution in [3.8, 4) is 0 Å². The van der Waals surface area contributed by atoms with Crippen LogP contribution in [0.4, 0.5) is 0 Å². The Morgan fingerprint density at radius 1 is 1.37 bits per heavy atom. The van der Waals surface area contributed by atoms with Crippen molar-refractivity contribution >= 4 is 11.7 Å². The molecule has 4 heteroatoms. The lowest BCUT2D eigenvalue weighted by Crippen LogP contribution is -2.27. The highest BCUT2D eigenvalue weighted by Gasteiger charge is 2.32. The monoisotopic (exact) mass is 259 g/mol. The molecule has 1 aliphatic heterocycles. The van der Waals surface area contributed by atoms with E-state index in [2.05, 4.69) is 5.32 Å². The van der Waals surface area contributed by atoms with Crippen LogP contribution in [0.15, 0.2) is 42.3 Å². The Morgan fingerprint density at radius 3 is 2.63 bits per heavy atom. The molecular weight excluding hydrogens is 242 g/mol. The Balaban J connectivity index is 1.99. The van der Waals surface area contributed by atoms with Crippen LogP contribution < -0.4 is 5.32 Å². The highest BCUT2D eigenvalue weighted by Crippen LogP contribution is 2.17. The molecule has 1 saturated heterocycles. The van der Waals surface area contributed by atoms with Gasteiger partial charge in [0.05, 0.1) is 0 Å². The summed E-state index contributed by atoms with van der Waals surface area (Å²) in [6, 6.07) is 9.46. The fourth-order valence-corrected chi connectivity index (χ4v) is 1.92. The zero-order chi connectivity index (χ0) is 13.8. The minimum Gasteiger partial charge on any atom is -0.465 e. The van der Waals surface area contributed by atoms with E-state index in [1.165, 1.54) is 6.08 Å². The fourth-order valence-electron chi connectivity index (χ4n) is 1.92. The highest BCUT2D eigenvalue weighted by atomic mass is 16.5. The van der Waals surface area contributed by atoms with E-state index in [0.717, 1.165) is 5.56 Å². The van der Waals surface area contributed by atoms with E-state index in [9.17, 15) is 9.59 Å². The smallest absolute Gasteiger partial charge is 0.268 e. The van der Waals surface area contributed by atoms with Crippen LogP contribution in [0.5, 0.6) is 0 Å². The average molecular weight is 259 g/mol. The lowest BCUT2D eigenvalue weighted by Gasteiger charge is -2.10. The zero-order valence-corrected chi connectivity index (χ0v) is 11.1. The van der Waals surface area contributed by atoms with Crippen molar-refractivity contribution in [1.29, 1.82) is 0 Å². The fraction of sp³-hybridized carbons (Fsp3) is 0.333. The first kappa shape index (κ1) is 13.3. The Hall–Kier alpha value is -2.10. The topological polar surface area (TPSA) is 55.4 Å². The highest BCUT2D eigenvalue weighted by molar-refractivity contribution is 5.93. The average Bonchev–Trinajstić information content (AvgIpc) is 2.71. The van der Waals surface area contributed by atoms with E-state index in [1.807, 2.05) is 44.2 Å². The van der Waals surface area contributed by atoms with E-state index in [0.29, 0.717) is 6.42 Å². The maximum atomic E-state index is 11.8. The minimum atomic E-state index is -0.504. The van der Waals surface area contributed by atoms with Crippen LogP contribution in [0.2, 0.25) is 0 Å². The summed E-state index contributed by atoms with van der Waals surface area (Å²) < 4.78 is 5.42. The Labute approximate surface area is 112 Å². The van der Waals surface area contributed by atoms with Gasteiger partial charge in [0.15, 0.2) is 17.8 Å². The number of carbonyl (C=O) groups is 2. The summed E-state index contributed by atoms with van der Waals surface area (Å²) in [5.74, 6) is 0.0550. The summed E-state index contributed by atoms with van der Waals surface area (Å²) in [6.07, 6.45) is 1.15. The molecule has 0 spiro atoms. The second-order valence-corrected chi connectivity index (χ2v) is 4.91. The molecule has 4 nitrogen and oxygen atoms in total. The summed E-state index contributed by atoms with van der Waals surface area (Å²) in [4.78, 5) is 23.4. The maximum Gasteiger partial charge on any atom is 0.268 e. The molecule has 0 radical (unpaired) electrons. The van der Waals surface area contributed by atoms with Crippen molar-refractivity contribution in [2.24, 2.45) is 5.92 Å². The lowest BCUT2D eigenvalue weighted by atomic mass is 10.1. The third-order valence-corrected chi connectivity index (χ3v) is 2.88. The first-order valence-electron chi connectivity index (χ1n) is 6.32. The number of amides is 1. The van der Waals surface area contributed by atoms with Crippen LogP contribution in [0, 0.1) is 5.92 Å². The molecular formula is C15H17NO3. The lowest BCUT2D eigenvalue weighted by molar-refractivity contribution is -0.125. The van der Waals surface area contributed by atoms with Gasteiger partial charge < -0.3 is 4.74 Å². The summed E-state index contributed by atoms with van der Waals surface area (Å²) in [7, 11) is 0. The molecule has 19 heavy (non-hydrogen) atoms. The third-order valence-electron chi connectivity index (χ3n) is 2.88. The summed E-state index contributed by atoms with van der Waals surface area (Å²) in [5, 5.41) is 2.58. The van der Waals surface area contributed by atoms with Crippen molar-refractivity contribution < 1.29 is 14.3 Å². The number of rotatable bonds is 4. The predicted molar refractivity (Wildman–Crippen MR) is 71.1 cm³/mol. The Kier molecular flexibility index (Phi) is 4.00. The quantitative estimate of drug-likeness (QED) is 0.839. The Bertz CT molecular complexity index is 505. The van der Waals surface area contributed by atoms with Gasteiger partial charge in [-0.25, -0.2) is 0 Å². The molecule has 1 aliphatic rings. The summed E-state index contributed by atoms with van der Waals surface area (Å²) in [6.45, 7) is 3.80. The SMILES string of the molecule is CC(C)C1O/C(=C/C(=O)Cc2ccccc2)NC1=O. The van der Waals surface area contributed by atoms with Gasteiger partial charge in [-0.15, -0.1) is 0 Å². The van der Waals surface area contributed by atoms with Crippen molar-refractivity contribution in [2.75, 3.05) is 0 Å². The van der Waals surface area contributed by atoms with Crippen LogP contribution in [0.25, 0.3) is 0 Å². The number of ether oxygens (including phenoxy) is 1. The molecule has 2 rings (SSSR count). The van der Waals surface area contributed by atoms with Crippen LogP contribution >= 0.6 is 0 Å². The third kappa shape index (κ3) is 3.44. The number of hydrogen-bond donors (Lipinski definition) is 1. The molecule has 1 aromatic carbocycles. The largest absolute Gasteiger partial charge is 0.465 e. The van der Waals surface area contributed by atoms with Crippen molar-refractivity contribution in [3.63, 3.8) is 0 Å². The number of allylic oxidation sites excluding steroid dienone is 1. The van der Waals surface area contributed by atoms with Crippen LogP contribution in [-0.4, -0.2) is 17.8 Å². The van der Waals surface area contributed by atoms with Gasteiger partial charge >= 0.3 is 0 Å².